The molecule has 18 heavy (non-hydrogen) atoms. The van der Waals surface area contributed by atoms with E-state index in [1.807, 2.05) is 18.3 Å². The van der Waals surface area contributed by atoms with E-state index in [-0.39, 0.29) is 0 Å². The quantitative estimate of drug-likeness (QED) is 0.869. The molecule has 1 aromatic heterocycles. The first-order valence-corrected chi connectivity index (χ1v) is 7.39. The minimum Gasteiger partial charge on any atom is -0.371 e. The van der Waals surface area contributed by atoms with Crippen LogP contribution in [0.25, 0.3) is 0 Å². The maximum Gasteiger partial charge on any atom is 0.182 e. The van der Waals surface area contributed by atoms with E-state index in [4.69, 9.17) is 4.74 Å². The highest BCUT2D eigenvalue weighted by molar-refractivity contribution is 9.10. The molecule has 2 rings (SSSR count). The van der Waals surface area contributed by atoms with E-state index in [1.54, 1.807) is 11.3 Å². The van der Waals surface area contributed by atoms with Crippen molar-refractivity contribution in [1.29, 1.82) is 0 Å². The van der Waals surface area contributed by atoms with Crippen LogP contribution in [0.2, 0.25) is 0 Å². The number of anilines is 1. The molecule has 0 aliphatic heterocycles. The first kappa shape index (κ1) is 13.5. The molecule has 3 nitrogen and oxygen atoms in total. The lowest BCUT2D eigenvalue weighted by Gasteiger charge is -2.02. The van der Waals surface area contributed by atoms with Crippen molar-refractivity contribution in [2.24, 2.45) is 0 Å². The Kier molecular flexibility index (Phi) is 5.16. The molecule has 2 aromatic rings. The second-order valence-corrected chi connectivity index (χ2v) is 5.81. The van der Waals surface area contributed by atoms with Crippen LogP contribution in [0.5, 0.6) is 0 Å². The number of rotatable bonds is 6. The van der Waals surface area contributed by atoms with Gasteiger partial charge in [0.2, 0.25) is 0 Å². The third-order valence-corrected chi connectivity index (χ3v) is 3.77. The third-order valence-electron chi connectivity index (χ3n) is 2.31. The lowest BCUT2D eigenvalue weighted by molar-refractivity contribution is 0.109. The van der Waals surface area contributed by atoms with Crippen molar-refractivity contribution in [3.8, 4) is 0 Å². The third kappa shape index (κ3) is 4.08. The van der Waals surface area contributed by atoms with Gasteiger partial charge in [0, 0.05) is 17.2 Å². The minimum absolute atomic E-state index is 0.610. The summed E-state index contributed by atoms with van der Waals surface area (Å²) in [5, 5.41) is 4.15. The minimum atomic E-state index is 0.610. The van der Waals surface area contributed by atoms with Crippen molar-refractivity contribution in [3.63, 3.8) is 0 Å². The summed E-state index contributed by atoms with van der Waals surface area (Å²) in [6, 6.07) is 8.16. The van der Waals surface area contributed by atoms with E-state index in [1.165, 1.54) is 5.56 Å². The first-order valence-electron chi connectivity index (χ1n) is 5.78. The Labute approximate surface area is 119 Å². The number of ether oxygens (including phenoxy) is 1. The van der Waals surface area contributed by atoms with Crippen LogP contribution in [0.4, 0.5) is 5.13 Å². The van der Waals surface area contributed by atoms with Gasteiger partial charge in [-0.15, -0.1) is 0 Å². The van der Waals surface area contributed by atoms with E-state index in [9.17, 15) is 0 Å². The summed E-state index contributed by atoms with van der Waals surface area (Å²) in [5.74, 6) is 0. The molecule has 0 radical (unpaired) electrons. The molecule has 0 saturated carbocycles. The van der Waals surface area contributed by atoms with Gasteiger partial charge in [-0.3, -0.25) is 0 Å². The second-order valence-electron chi connectivity index (χ2n) is 3.78. The average molecular weight is 327 g/mol. The number of thiazole rings is 1. The molecule has 0 aliphatic carbocycles. The Morgan fingerprint density at radius 2 is 2.06 bits per heavy atom. The highest BCUT2D eigenvalue weighted by Crippen LogP contribution is 2.19. The number of nitrogens with zero attached hydrogens (tertiary/aromatic N) is 1. The van der Waals surface area contributed by atoms with Crippen LogP contribution >= 0.6 is 27.3 Å². The summed E-state index contributed by atoms with van der Waals surface area (Å²) in [6.45, 7) is 4.19. The largest absolute Gasteiger partial charge is 0.371 e. The van der Waals surface area contributed by atoms with Crippen LogP contribution in [-0.2, 0) is 18.0 Å². The normalized spacial score (nSPS) is 10.6. The molecule has 0 bridgehead atoms. The van der Waals surface area contributed by atoms with E-state index in [2.05, 4.69) is 45.3 Å². The Bertz CT molecular complexity index is 484. The summed E-state index contributed by atoms with van der Waals surface area (Å²) in [7, 11) is 0. The number of nitrogens with one attached hydrogen (secondary N) is 1. The molecular weight excluding hydrogens is 312 g/mol. The summed E-state index contributed by atoms with van der Waals surface area (Å²) in [4.78, 5) is 5.41. The van der Waals surface area contributed by atoms with Gasteiger partial charge in [-0.05, 0) is 24.6 Å². The van der Waals surface area contributed by atoms with Gasteiger partial charge in [0.05, 0.1) is 18.1 Å². The zero-order chi connectivity index (χ0) is 12.8. The fourth-order valence-electron chi connectivity index (χ4n) is 1.46. The van der Waals surface area contributed by atoms with Crippen LogP contribution in [-0.4, -0.2) is 11.5 Å². The summed E-state index contributed by atoms with van der Waals surface area (Å²) < 4.78 is 6.75. The highest BCUT2D eigenvalue weighted by atomic mass is 79.9. The fourth-order valence-corrected chi connectivity index (χ4v) is 2.54. The fraction of sp³-hybridized carbons (Fsp3) is 0.308. The molecule has 0 saturated heterocycles. The maximum atomic E-state index is 5.66. The van der Waals surface area contributed by atoms with E-state index in [0.29, 0.717) is 13.2 Å². The van der Waals surface area contributed by atoms with Gasteiger partial charge in [0.15, 0.2) is 5.13 Å². The Morgan fingerprint density at radius 3 is 2.78 bits per heavy atom. The van der Waals surface area contributed by atoms with E-state index in [0.717, 1.165) is 21.0 Å². The maximum absolute atomic E-state index is 5.66. The lowest BCUT2D eigenvalue weighted by Crippen LogP contribution is -1.94. The molecule has 1 N–H and O–H groups in total. The van der Waals surface area contributed by atoms with Crippen molar-refractivity contribution in [2.75, 3.05) is 11.9 Å². The molecule has 5 heteroatoms. The van der Waals surface area contributed by atoms with Crippen LogP contribution in [0.3, 0.4) is 0 Å². The number of aromatic nitrogens is 1. The first-order chi connectivity index (χ1) is 8.78. The number of hydrogen-bond donors (Lipinski definition) is 1. The van der Waals surface area contributed by atoms with Gasteiger partial charge in [-0.25, -0.2) is 4.98 Å². The number of benzene rings is 1. The predicted octanol–water partition coefficient (Wildman–Crippen LogP) is 4.05. The molecule has 0 unspecified atom stereocenters. The zero-order valence-electron chi connectivity index (χ0n) is 10.1. The zero-order valence-corrected chi connectivity index (χ0v) is 12.6. The van der Waals surface area contributed by atoms with Crippen LogP contribution in [0.15, 0.2) is 34.9 Å². The smallest absolute Gasteiger partial charge is 0.182 e. The lowest BCUT2D eigenvalue weighted by atomic mass is 10.2. The Morgan fingerprint density at radius 1 is 1.28 bits per heavy atom. The molecule has 0 fully saturated rings. The molecule has 0 aliphatic rings. The van der Waals surface area contributed by atoms with Gasteiger partial charge in [0.1, 0.15) is 0 Å². The Hall–Kier alpha value is -0.910. The van der Waals surface area contributed by atoms with E-state index >= 15 is 0 Å². The van der Waals surface area contributed by atoms with E-state index < -0.39 is 0 Å². The standard InChI is InChI=1S/C13H15BrN2OS/c1-2-15-13-16-7-12(18-13)9-17-8-10-3-5-11(14)6-4-10/h3-7H,2,8-9H2,1H3,(H,15,16). The summed E-state index contributed by atoms with van der Waals surface area (Å²) in [6.07, 6.45) is 1.87. The van der Waals surface area contributed by atoms with Gasteiger partial charge < -0.3 is 10.1 Å². The van der Waals surface area contributed by atoms with Gasteiger partial charge >= 0.3 is 0 Å². The molecule has 0 spiro atoms. The second kappa shape index (κ2) is 6.87. The van der Waals surface area contributed by atoms with Crippen LogP contribution < -0.4 is 5.32 Å². The van der Waals surface area contributed by atoms with Gasteiger partial charge in [-0.1, -0.05) is 39.4 Å². The van der Waals surface area contributed by atoms with Gasteiger partial charge in [0.25, 0.3) is 0 Å². The summed E-state index contributed by atoms with van der Waals surface area (Å²) in [5.41, 5.74) is 1.18. The van der Waals surface area contributed by atoms with Crippen LogP contribution in [0.1, 0.15) is 17.4 Å². The molecular formula is C13H15BrN2OS. The van der Waals surface area contributed by atoms with Crippen molar-refractivity contribution < 1.29 is 4.74 Å². The van der Waals surface area contributed by atoms with Gasteiger partial charge in [-0.2, -0.15) is 0 Å². The van der Waals surface area contributed by atoms with Crippen molar-refractivity contribution in [3.05, 3.63) is 45.4 Å². The van der Waals surface area contributed by atoms with Crippen molar-refractivity contribution in [2.45, 2.75) is 20.1 Å². The average Bonchev–Trinajstić information content (AvgIpc) is 2.80. The molecule has 1 aromatic carbocycles. The SMILES string of the molecule is CCNc1ncc(COCc2ccc(Br)cc2)s1. The topological polar surface area (TPSA) is 34.2 Å². The number of halogens is 1. The van der Waals surface area contributed by atoms with Crippen molar-refractivity contribution in [1.82, 2.24) is 4.98 Å². The monoisotopic (exact) mass is 326 g/mol. The Balaban J connectivity index is 1.79. The molecule has 0 atom stereocenters. The molecule has 96 valence electrons. The molecule has 0 amide bonds. The number of hydrogen-bond acceptors (Lipinski definition) is 4. The van der Waals surface area contributed by atoms with Crippen LogP contribution in [0, 0.1) is 0 Å². The highest BCUT2D eigenvalue weighted by Gasteiger charge is 2.01. The predicted molar refractivity (Wildman–Crippen MR) is 78.9 cm³/mol. The summed E-state index contributed by atoms with van der Waals surface area (Å²) >= 11 is 5.05. The van der Waals surface area contributed by atoms with Crippen molar-refractivity contribution >= 4 is 32.4 Å². The molecule has 1 heterocycles.